The van der Waals surface area contributed by atoms with Crippen molar-refractivity contribution in [3.63, 3.8) is 0 Å². The highest BCUT2D eigenvalue weighted by atomic mass is 16.5. The molecular weight excluding hydrogens is 206 g/mol. The number of amides is 1. The van der Waals surface area contributed by atoms with Gasteiger partial charge < -0.3 is 10.1 Å². The van der Waals surface area contributed by atoms with Crippen LogP contribution in [-0.4, -0.2) is 11.9 Å². The predicted octanol–water partition coefficient (Wildman–Crippen LogP) is 2.18. The zero-order chi connectivity index (χ0) is 12.0. The van der Waals surface area contributed by atoms with E-state index in [1.54, 1.807) is 12.1 Å². The molecule has 0 bridgehead atoms. The van der Waals surface area contributed by atoms with Gasteiger partial charge >= 0.3 is 5.97 Å². The van der Waals surface area contributed by atoms with Crippen molar-refractivity contribution in [3.05, 3.63) is 36.1 Å². The van der Waals surface area contributed by atoms with Crippen LogP contribution in [0.15, 0.2) is 30.5 Å². The van der Waals surface area contributed by atoms with Gasteiger partial charge in [-0.2, -0.15) is 0 Å². The quantitative estimate of drug-likeness (QED) is 0.626. The Kier molecular flexibility index (Phi) is 4.27. The molecule has 1 aromatic rings. The maximum atomic E-state index is 10.9. The molecule has 0 aromatic heterocycles. The minimum Gasteiger partial charge on any atom is -0.435 e. The van der Waals surface area contributed by atoms with Crippen molar-refractivity contribution in [1.82, 2.24) is 0 Å². The Labute approximate surface area is 93.9 Å². The van der Waals surface area contributed by atoms with Crippen LogP contribution < -0.4 is 5.32 Å². The summed E-state index contributed by atoms with van der Waals surface area (Å²) in [7, 11) is 0. The van der Waals surface area contributed by atoms with Gasteiger partial charge in [0.25, 0.3) is 0 Å². The molecule has 1 N–H and O–H groups in total. The third-order valence-electron chi connectivity index (χ3n) is 1.75. The number of benzene rings is 1. The Balaban J connectivity index is 2.82. The van der Waals surface area contributed by atoms with E-state index < -0.39 is 0 Å². The summed E-state index contributed by atoms with van der Waals surface area (Å²) < 4.78 is 4.67. The number of para-hydroxylation sites is 1. The van der Waals surface area contributed by atoms with Gasteiger partial charge in [0.05, 0.1) is 6.26 Å². The summed E-state index contributed by atoms with van der Waals surface area (Å²) in [4.78, 5) is 21.5. The Hall–Kier alpha value is -2.10. The molecule has 4 heteroatoms. The van der Waals surface area contributed by atoms with E-state index in [0.29, 0.717) is 5.69 Å². The van der Waals surface area contributed by atoms with Crippen molar-refractivity contribution in [2.24, 2.45) is 0 Å². The first-order valence-corrected chi connectivity index (χ1v) is 4.80. The van der Waals surface area contributed by atoms with Crippen LogP contribution in [0.2, 0.25) is 0 Å². The number of hydrogen-bond acceptors (Lipinski definition) is 3. The summed E-state index contributed by atoms with van der Waals surface area (Å²) in [6.07, 6.45) is 2.91. The summed E-state index contributed by atoms with van der Waals surface area (Å²) in [6, 6.07) is 7.23. The average molecular weight is 219 g/mol. The molecule has 0 radical (unpaired) electrons. The van der Waals surface area contributed by atoms with Crippen LogP contribution in [0.1, 0.15) is 19.4 Å². The molecule has 0 aliphatic carbocycles. The van der Waals surface area contributed by atoms with Gasteiger partial charge in [0.15, 0.2) is 0 Å². The van der Waals surface area contributed by atoms with Crippen molar-refractivity contribution < 1.29 is 14.3 Å². The number of carbonyl (C=O) groups excluding carboxylic acids is 2. The van der Waals surface area contributed by atoms with Gasteiger partial charge in [0, 0.05) is 25.1 Å². The second-order valence-corrected chi connectivity index (χ2v) is 3.18. The first kappa shape index (κ1) is 12.0. The smallest absolute Gasteiger partial charge is 0.307 e. The van der Waals surface area contributed by atoms with Crippen LogP contribution in [0.3, 0.4) is 0 Å². The Morgan fingerprint density at radius 3 is 2.56 bits per heavy atom. The van der Waals surface area contributed by atoms with Gasteiger partial charge in [-0.05, 0) is 12.1 Å². The van der Waals surface area contributed by atoms with Crippen LogP contribution in [0, 0.1) is 0 Å². The van der Waals surface area contributed by atoms with E-state index in [9.17, 15) is 9.59 Å². The van der Waals surface area contributed by atoms with Gasteiger partial charge in [0.2, 0.25) is 5.91 Å². The predicted molar refractivity (Wildman–Crippen MR) is 61.5 cm³/mol. The van der Waals surface area contributed by atoms with Crippen molar-refractivity contribution in [2.75, 3.05) is 5.32 Å². The van der Waals surface area contributed by atoms with Crippen molar-refractivity contribution in [1.29, 1.82) is 0 Å². The molecule has 84 valence electrons. The lowest BCUT2D eigenvalue weighted by Crippen LogP contribution is -2.06. The van der Waals surface area contributed by atoms with Gasteiger partial charge in [-0.1, -0.05) is 18.2 Å². The fraction of sp³-hybridized carbons (Fsp3) is 0.167. The standard InChI is InChI=1S/C12H13NO3/c1-9(14)13-12-6-4-3-5-11(12)7-8-16-10(2)15/h3-8H,1-2H3,(H,13,14). The number of hydrogen-bond donors (Lipinski definition) is 1. The van der Waals surface area contributed by atoms with Crippen LogP contribution >= 0.6 is 0 Å². The lowest BCUT2D eigenvalue weighted by molar-refractivity contribution is -0.135. The molecule has 1 rings (SSSR count). The fourth-order valence-corrected chi connectivity index (χ4v) is 1.15. The van der Waals surface area contributed by atoms with E-state index in [1.807, 2.05) is 18.2 Å². The van der Waals surface area contributed by atoms with E-state index >= 15 is 0 Å². The summed E-state index contributed by atoms with van der Waals surface area (Å²) in [5.41, 5.74) is 1.46. The SMILES string of the molecule is CC(=O)Nc1ccccc1C=COC(C)=O. The largest absolute Gasteiger partial charge is 0.435 e. The van der Waals surface area contributed by atoms with Crippen LogP contribution in [0.4, 0.5) is 5.69 Å². The molecule has 0 saturated heterocycles. The molecule has 0 heterocycles. The van der Waals surface area contributed by atoms with Gasteiger partial charge in [-0.3, -0.25) is 9.59 Å². The maximum absolute atomic E-state index is 10.9. The normalized spacial score (nSPS) is 10.1. The number of nitrogens with one attached hydrogen (secondary N) is 1. The summed E-state index contributed by atoms with van der Waals surface area (Å²) in [5.74, 6) is -0.526. The Bertz CT molecular complexity index is 424. The second kappa shape index (κ2) is 5.70. The van der Waals surface area contributed by atoms with E-state index in [1.165, 1.54) is 20.1 Å². The molecule has 0 aliphatic rings. The van der Waals surface area contributed by atoms with Gasteiger partial charge in [-0.25, -0.2) is 0 Å². The average Bonchev–Trinajstić information content (AvgIpc) is 2.19. The summed E-state index contributed by atoms with van der Waals surface area (Å²) in [5, 5.41) is 2.68. The highest BCUT2D eigenvalue weighted by molar-refractivity contribution is 5.91. The zero-order valence-corrected chi connectivity index (χ0v) is 9.19. The molecule has 0 fully saturated rings. The van der Waals surface area contributed by atoms with Crippen LogP contribution in [0.25, 0.3) is 6.08 Å². The molecular formula is C12H13NO3. The van der Waals surface area contributed by atoms with E-state index in [2.05, 4.69) is 10.1 Å². The molecule has 0 saturated carbocycles. The molecule has 4 nitrogen and oxygen atoms in total. The number of rotatable bonds is 3. The summed E-state index contributed by atoms with van der Waals surface area (Å²) >= 11 is 0. The fourth-order valence-electron chi connectivity index (χ4n) is 1.15. The summed E-state index contributed by atoms with van der Waals surface area (Å²) in [6.45, 7) is 2.76. The molecule has 0 spiro atoms. The minimum absolute atomic E-state index is 0.145. The molecule has 16 heavy (non-hydrogen) atoms. The van der Waals surface area contributed by atoms with E-state index in [4.69, 9.17) is 0 Å². The monoisotopic (exact) mass is 219 g/mol. The van der Waals surface area contributed by atoms with Crippen molar-refractivity contribution in [2.45, 2.75) is 13.8 Å². The van der Waals surface area contributed by atoms with Crippen LogP contribution in [-0.2, 0) is 14.3 Å². The van der Waals surface area contributed by atoms with Gasteiger partial charge in [0.1, 0.15) is 0 Å². The Morgan fingerprint density at radius 1 is 1.25 bits per heavy atom. The number of anilines is 1. The molecule has 0 atom stereocenters. The molecule has 1 aromatic carbocycles. The topological polar surface area (TPSA) is 55.4 Å². The number of carbonyl (C=O) groups is 2. The van der Waals surface area contributed by atoms with Crippen LogP contribution in [0.5, 0.6) is 0 Å². The first-order chi connectivity index (χ1) is 7.59. The lowest BCUT2D eigenvalue weighted by atomic mass is 10.2. The third-order valence-corrected chi connectivity index (χ3v) is 1.75. The van der Waals surface area contributed by atoms with Crippen molar-refractivity contribution in [3.8, 4) is 0 Å². The first-order valence-electron chi connectivity index (χ1n) is 4.80. The number of ether oxygens (including phenoxy) is 1. The second-order valence-electron chi connectivity index (χ2n) is 3.18. The molecule has 1 amide bonds. The van der Waals surface area contributed by atoms with Crippen molar-refractivity contribution >= 4 is 23.6 Å². The zero-order valence-electron chi connectivity index (χ0n) is 9.19. The molecule has 0 unspecified atom stereocenters. The van der Waals surface area contributed by atoms with E-state index in [0.717, 1.165) is 5.56 Å². The number of esters is 1. The lowest BCUT2D eigenvalue weighted by Gasteiger charge is -2.05. The highest BCUT2D eigenvalue weighted by Crippen LogP contribution is 2.16. The molecule has 0 aliphatic heterocycles. The van der Waals surface area contributed by atoms with Gasteiger partial charge in [-0.15, -0.1) is 0 Å². The maximum Gasteiger partial charge on any atom is 0.307 e. The Morgan fingerprint density at radius 2 is 1.94 bits per heavy atom. The highest BCUT2D eigenvalue weighted by Gasteiger charge is 1.99. The third kappa shape index (κ3) is 3.96. The minimum atomic E-state index is -0.381. The van der Waals surface area contributed by atoms with E-state index in [-0.39, 0.29) is 11.9 Å².